The lowest BCUT2D eigenvalue weighted by molar-refractivity contribution is -0.146. The minimum absolute atomic E-state index is 0.0707. The third-order valence-corrected chi connectivity index (χ3v) is 3.46. The van der Waals surface area contributed by atoms with Gasteiger partial charge >= 0.3 is 5.97 Å². The molecule has 18 heavy (non-hydrogen) atoms. The average Bonchev–Trinajstić information content (AvgIpc) is 2.46. The van der Waals surface area contributed by atoms with Crippen molar-refractivity contribution in [3.63, 3.8) is 0 Å². The van der Waals surface area contributed by atoms with E-state index in [0.717, 1.165) is 24.3 Å². The van der Waals surface area contributed by atoms with Crippen LogP contribution < -0.4 is 10.1 Å². The number of hydrogen-bond acceptors (Lipinski definition) is 4. The molecule has 0 radical (unpaired) electrons. The maximum Gasteiger partial charge on any atom is 0.309 e. The number of para-hydroxylation sites is 1. The Kier molecular flexibility index (Phi) is 4.20. The van der Waals surface area contributed by atoms with Gasteiger partial charge in [-0.15, -0.1) is 0 Å². The van der Waals surface area contributed by atoms with Gasteiger partial charge in [0.1, 0.15) is 5.75 Å². The minimum atomic E-state index is -0.137. The van der Waals surface area contributed by atoms with Crippen molar-refractivity contribution in [3.05, 3.63) is 29.8 Å². The highest BCUT2D eigenvalue weighted by Gasteiger charge is 2.29. The van der Waals surface area contributed by atoms with Crippen LogP contribution in [0.2, 0.25) is 0 Å². The monoisotopic (exact) mass is 249 g/mol. The van der Waals surface area contributed by atoms with Crippen molar-refractivity contribution in [2.24, 2.45) is 5.92 Å². The largest absolute Gasteiger partial charge is 0.496 e. The second-order valence-electron chi connectivity index (χ2n) is 4.55. The zero-order valence-electron chi connectivity index (χ0n) is 10.8. The molecule has 0 amide bonds. The van der Waals surface area contributed by atoms with Gasteiger partial charge in [0.2, 0.25) is 0 Å². The second kappa shape index (κ2) is 5.87. The van der Waals surface area contributed by atoms with Crippen LogP contribution in [0.15, 0.2) is 24.3 Å². The molecule has 98 valence electrons. The number of nitrogens with one attached hydrogen (secondary N) is 1. The molecule has 2 atom stereocenters. The lowest BCUT2D eigenvalue weighted by Crippen LogP contribution is -2.39. The highest BCUT2D eigenvalue weighted by molar-refractivity contribution is 5.72. The van der Waals surface area contributed by atoms with Gasteiger partial charge in [-0.2, -0.15) is 0 Å². The van der Waals surface area contributed by atoms with Crippen LogP contribution in [-0.2, 0) is 9.53 Å². The SMILES string of the molecule is COC(=O)[C@@H]1CNC[C@@H](c2ccccc2OC)C1. The molecule has 0 spiro atoms. The Bertz CT molecular complexity index is 419. The zero-order valence-corrected chi connectivity index (χ0v) is 10.8. The Morgan fingerprint density at radius 3 is 2.78 bits per heavy atom. The molecule has 1 aliphatic heterocycles. The van der Waals surface area contributed by atoms with Gasteiger partial charge in [-0.05, 0) is 18.1 Å². The molecule has 1 aromatic rings. The molecule has 1 aromatic carbocycles. The van der Waals surface area contributed by atoms with E-state index in [9.17, 15) is 4.79 Å². The van der Waals surface area contributed by atoms with Gasteiger partial charge in [0, 0.05) is 19.0 Å². The molecular weight excluding hydrogens is 230 g/mol. The van der Waals surface area contributed by atoms with Gasteiger partial charge in [0.25, 0.3) is 0 Å². The molecule has 1 fully saturated rings. The third kappa shape index (κ3) is 2.64. The number of benzene rings is 1. The second-order valence-corrected chi connectivity index (χ2v) is 4.55. The predicted molar refractivity (Wildman–Crippen MR) is 68.7 cm³/mol. The molecule has 0 aromatic heterocycles. The Labute approximate surface area is 107 Å². The van der Waals surface area contributed by atoms with Gasteiger partial charge in [-0.3, -0.25) is 4.79 Å². The van der Waals surface area contributed by atoms with Crippen LogP contribution >= 0.6 is 0 Å². The summed E-state index contributed by atoms with van der Waals surface area (Å²) in [6.07, 6.45) is 0.806. The molecule has 0 unspecified atom stereocenters. The number of hydrogen-bond donors (Lipinski definition) is 1. The maximum atomic E-state index is 11.6. The van der Waals surface area contributed by atoms with Gasteiger partial charge < -0.3 is 14.8 Å². The zero-order chi connectivity index (χ0) is 13.0. The lowest BCUT2D eigenvalue weighted by atomic mass is 9.85. The summed E-state index contributed by atoms with van der Waals surface area (Å²) in [4.78, 5) is 11.6. The molecule has 0 aliphatic carbocycles. The minimum Gasteiger partial charge on any atom is -0.496 e. The summed E-state index contributed by atoms with van der Waals surface area (Å²) in [5.74, 6) is 0.967. The van der Waals surface area contributed by atoms with Crippen LogP contribution in [0.3, 0.4) is 0 Å². The van der Waals surface area contributed by atoms with Crippen molar-refractivity contribution in [2.75, 3.05) is 27.3 Å². The summed E-state index contributed by atoms with van der Waals surface area (Å²) >= 11 is 0. The number of ether oxygens (including phenoxy) is 2. The van der Waals surface area contributed by atoms with Gasteiger partial charge in [0.15, 0.2) is 0 Å². The third-order valence-electron chi connectivity index (χ3n) is 3.46. The first kappa shape index (κ1) is 12.9. The Morgan fingerprint density at radius 2 is 2.06 bits per heavy atom. The molecular formula is C14H19NO3. The first-order chi connectivity index (χ1) is 8.76. The summed E-state index contributed by atoms with van der Waals surface area (Å²) in [6, 6.07) is 7.97. The topological polar surface area (TPSA) is 47.6 Å². The highest BCUT2D eigenvalue weighted by atomic mass is 16.5. The van der Waals surface area contributed by atoms with Crippen molar-refractivity contribution >= 4 is 5.97 Å². The first-order valence-electron chi connectivity index (χ1n) is 6.17. The maximum absolute atomic E-state index is 11.6. The summed E-state index contributed by atoms with van der Waals surface area (Å²) in [5.41, 5.74) is 1.15. The normalized spacial score (nSPS) is 23.4. The van der Waals surface area contributed by atoms with E-state index < -0.39 is 0 Å². The molecule has 2 rings (SSSR count). The van der Waals surface area contributed by atoms with E-state index in [-0.39, 0.29) is 11.9 Å². The van der Waals surface area contributed by atoms with Gasteiger partial charge in [0.05, 0.1) is 20.1 Å². The van der Waals surface area contributed by atoms with Crippen LogP contribution in [0.25, 0.3) is 0 Å². The van der Waals surface area contributed by atoms with Crippen molar-refractivity contribution in [3.8, 4) is 5.75 Å². The van der Waals surface area contributed by atoms with E-state index in [1.165, 1.54) is 7.11 Å². The fourth-order valence-corrected chi connectivity index (χ4v) is 2.53. The molecule has 0 saturated carbocycles. The molecule has 4 heteroatoms. The summed E-state index contributed by atoms with van der Waals surface area (Å²) in [5, 5.41) is 3.29. The number of rotatable bonds is 3. The predicted octanol–water partition coefficient (Wildman–Crippen LogP) is 1.56. The van der Waals surface area contributed by atoms with Gasteiger partial charge in [-0.25, -0.2) is 0 Å². The van der Waals surface area contributed by atoms with E-state index in [4.69, 9.17) is 9.47 Å². The number of esters is 1. The van der Waals surface area contributed by atoms with Crippen LogP contribution in [0.4, 0.5) is 0 Å². The van der Waals surface area contributed by atoms with E-state index in [1.807, 2.05) is 18.2 Å². The molecule has 1 heterocycles. The van der Waals surface area contributed by atoms with Crippen molar-refractivity contribution in [1.82, 2.24) is 5.32 Å². The lowest BCUT2D eigenvalue weighted by Gasteiger charge is -2.29. The molecule has 1 aliphatic rings. The van der Waals surface area contributed by atoms with Crippen LogP contribution in [-0.4, -0.2) is 33.3 Å². The fraction of sp³-hybridized carbons (Fsp3) is 0.500. The fourth-order valence-electron chi connectivity index (χ4n) is 2.53. The van der Waals surface area contributed by atoms with E-state index in [0.29, 0.717) is 12.5 Å². The van der Waals surface area contributed by atoms with Crippen molar-refractivity contribution in [2.45, 2.75) is 12.3 Å². The quantitative estimate of drug-likeness (QED) is 0.826. The number of carbonyl (C=O) groups excluding carboxylic acids is 1. The number of carbonyl (C=O) groups is 1. The summed E-state index contributed by atoms with van der Waals surface area (Å²) in [6.45, 7) is 1.56. The molecule has 4 nitrogen and oxygen atoms in total. The molecule has 1 saturated heterocycles. The Morgan fingerprint density at radius 1 is 1.28 bits per heavy atom. The molecule has 1 N–H and O–H groups in total. The highest BCUT2D eigenvalue weighted by Crippen LogP contribution is 2.32. The van der Waals surface area contributed by atoms with Crippen LogP contribution in [0.5, 0.6) is 5.75 Å². The summed E-state index contributed by atoms with van der Waals surface area (Å²) in [7, 11) is 3.11. The van der Waals surface area contributed by atoms with Crippen LogP contribution in [0, 0.1) is 5.92 Å². The van der Waals surface area contributed by atoms with E-state index in [2.05, 4.69) is 11.4 Å². The van der Waals surface area contributed by atoms with E-state index in [1.54, 1.807) is 7.11 Å². The first-order valence-corrected chi connectivity index (χ1v) is 6.17. The van der Waals surface area contributed by atoms with Crippen LogP contribution in [0.1, 0.15) is 17.9 Å². The smallest absolute Gasteiger partial charge is 0.309 e. The average molecular weight is 249 g/mol. The Hall–Kier alpha value is -1.55. The Balaban J connectivity index is 2.15. The number of methoxy groups -OCH3 is 2. The van der Waals surface area contributed by atoms with Crippen molar-refractivity contribution < 1.29 is 14.3 Å². The molecule has 0 bridgehead atoms. The summed E-state index contributed by atoms with van der Waals surface area (Å²) < 4.78 is 10.2. The standard InChI is InChI=1S/C14H19NO3/c1-17-13-6-4-3-5-12(13)10-7-11(9-15-8-10)14(16)18-2/h3-6,10-11,15H,7-9H2,1-2H3/t10-,11-/m0/s1. The van der Waals surface area contributed by atoms with Gasteiger partial charge in [-0.1, -0.05) is 18.2 Å². The van der Waals surface area contributed by atoms with E-state index >= 15 is 0 Å². The number of piperidine rings is 1. The van der Waals surface area contributed by atoms with Crippen molar-refractivity contribution in [1.29, 1.82) is 0 Å².